The summed E-state index contributed by atoms with van der Waals surface area (Å²) in [7, 11) is -3.81. The quantitative estimate of drug-likeness (QED) is 0.377. The summed E-state index contributed by atoms with van der Waals surface area (Å²) in [5.74, 6) is 1.20. The fraction of sp³-hybridized carbons (Fsp3) is 0.250. The number of non-ortho nitro benzene ring substituents is 1. The van der Waals surface area contributed by atoms with Crippen LogP contribution in [0.3, 0.4) is 0 Å². The molecule has 1 N–H and O–H groups in total. The fourth-order valence-corrected chi connectivity index (χ4v) is 4.69. The van der Waals surface area contributed by atoms with E-state index in [2.05, 4.69) is 4.72 Å². The number of nitro benzene ring substituents is 1. The van der Waals surface area contributed by atoms with E-state index in [9.17, 15) is 18.5 Å². The molecule has 6 nitrogen and oxygen atoms in total. The molecule has 0 aromatic heterocycles. The maximum absolute atomic E-state index is 12.4. The van der Waals surface area contributed by atoms with Crippen LogP contribution < -0.4 is 4.72 Å². The van der Waals surface area contributed by atoms with Crippen molar-refractivity contribution < 1.29 is 13.3 Å². The second kappa shape index (κ2) is 9.05. The van der Waals surface area contributed by atoms with Crippen molar-refractivity contribution in [3.63, 3.8) is 0 Å². The number of nitrogens with one attached hydrogen (secondary N) is 1. The number of thioether (sulfide) groups is 1. The average molecular weight is 435 g/mol. The lowest BCUT2D eigenvalue weighted by molar-refractivity contribution is -0.385. The summed E-state index contributed by atoms with van der Waals surface area (Å²) >= 11 is 13.3. The van der Waals surface area contributed by atoms with Crippen LogP contribution >= 0.6 is 35.0 Å². The largest absolute Gasteiger partial charge is 0.270 e. The van der Waals surface area contributed by atoms with Crippen molar-refractivity contribution >= 4 is 50.7 Å². The zero-order valence-corrected chi connectivity index (χ0v) is 16.9. The van der Waals surface area contributed by atoms with E-state index in [1.165, 1.54) is 23.9 Å². The van der Waals surface area contributed by atoms with Crippen molar-refractivity contribution in [3.05, 3.63) is 67.7 Å². The second-order valence-electron chi connectivity index (χ2n) is 5.41. The molecule has 140 valence electrons. The van der Waals surface area contributed by atoms with E-state index in [-0.39, 0.29) is 17.1 Å². The maximum atomic E-state index is 12.4. The van der Waals surface area contributed by atoms with Crippen molar-refractivity contribution in [2.45, 2.75) is 17.6 Å². The molecule has 0 heterocycles. The molecular formula is C16H16Cl2N2O4S2. The highest BCUT2D eigenvalue weighted by Gasteiger charge is 2.20. The Labute approximate surface area is 166 Å². The van der Waals surface area contributed by atoms with Gasteiger partial charge in [0.05, 0.1) is 19.9 Å². The van der Waals surface area contributed by atoms with Crippen LogP contribution in [0.4, 0.5) is 5.69 Å². The van der Waals surface area contributed by atoms with Gasteiger partial charge in [0.25, 0.3) is 5.69 Å². The number of nitrogens with zero attached hydrogens (tertiary/aromatic N) is 1. The molecule has 0 atom stereocenters. The minimum absolute atomic E-state index is 0.0822. The highest BCUT2D eigenvalue weighted by molar-refractivity contribution is 7.98. The van der Waals surface area contributed by atoms with Crippen LogP contribution in [0.25, 0.3) is 0 Å². The van der Waals surface area contributed by atoms with Gasteiger partial charge in [0.15, 0.2) is 0 Å². The summed E-state index contributed by atoms with van der Waals surface area (Å²) in [5.41, 5.74) is 1.18. The Morgan fingerprint density at radius 2 is 1.88 bits per heavy atom. The van der Waals surface area contributed by atoms with Gasteiger partial charge in [-0.15, -0.1) is 0 Å². The third kappa shape index (κ3) is 5.59. The normalized spacial score (nSPS) is 11.5. The molecule has 0 saturated heterocycles. The molecule has 10 heteroatoms. The van der Waals surface area contributed by atoms with Crippen LogP contribution in [0.5, 0.6) is 0 Å². The van der Waals surface area contributed by atoms with Crippen LogP contribution in [-0.4, -0.2) is 25.6 Å². The van der Waals surface area contributed by atoms with Gasteiger partial charge in [-0.2, -0.15) is 11.8 Å². The van der Waals surface area contributed by atoms with Gasteiger partial charge in [-0.1, -0.05) is 35.3 Å². The van der Waals surface area contributed by atoms with Crippen molar-refractivity contribution in [1.82, 2.24) is 4.72 Å². The molecule has 0 fully saturated rings. The molecule has 0 bridgehead atoms. The number of nitro groups is 1. The summed E-state index contributed by atoms with van der Waals surface area (Å²) in [6, 6.07) is 9.12. The summed E-state index contributed by atoms with van der Waals surface area (Å²) in [5, 5.41) is 11.8. The lowest BCUT2D eigenvalue weighted by atomic mass is 10.2. The number of rotatable bonds is 8. The average Bonchev–Trinajstić information content (AvgIpc) is 2.57. The molecule has 0 spiro atoms. The molecule has 2 rings (SSSR count). The van der Waals surface area contributed by atoms with Gasteiger partial charge in [-0.25, -0.2) is 13.1 Å². The van der Waals surface area contributed by atoms with Gasteiger partial charge < -0.3 is 0 Å². The lowest BCUT2D eigenvalue weighted by Gasteiger charge is -2.09. The molecule has 0 saturated carbocycles. The van der Waals surface area contributed by atoms with E-state index in [1.54, 1.807) is 19.1 Å². The number of halogens is 2. The Balaban J connectivity index is 1.91. The third-order valence-electron chi connectivity index (χ3n) is 3.46. The Morgan fingerprint density at radius 3 is 2.54 bits per heavy atom. The van der Waals surface area contributed by atoms with Crippen LogP contribution in [0.1, 0.15) is 11.1 Å². The van der Waals surface area contributed by atoms with Crippen LogP contribution in [0.15, 0.2) is 41.3 Å². The third-order valence-corrected chi connectivity index (χ3v) is 6.84. The molecule has 0 radical (unpaired) electrons. The van der Waals surface area contributed by atoms with E-state index >= 15 is 0 Å². The smallest absolute Gasteiger partial charge is 0.258 e. The van der Waals surface area contributed by atoms with E-state index in [0.29, 0.717) is 27.1 Å². The van der Waals surface area contributed by atoms with Gasteiger partial charge in [-0.05, 0) is 30.2 Å². The van der Waals surface area contributed by atoms with E-state index in [1.807, 2.05) is 6.07 Å². The van der Waals surface area contributed by atoms with E-state index in [0.717, 1.165) is 11.6 Å². The molecule has 0 aliphatic heterocycles. The summed E-state index contributed by atoms with van der Waals surface area (Å²) in [6.07, 6.45) is 0. The molecule has 0 aliphatic carbocycles. The molecule has 0 unspecified atom stereocenters. The van der Waals surface area contributed by atoms with Gasteiger partial charge in [0.2, 0.25) is 10.0 Å². The first-order chi connectivity index (χ1) is 12.2. The van der Waals surface area contributed by atoms with Crippen molar-refractivity contribution in [1.29, 1.82) is 0 Å². The minimum atomic E-state index is -3.81. The number of aryl methyl sites for hydroxylation is 1. The first-order valence-electron chi connectivity index (χ1n) is 7.47. The molecule has 0 aliphatic rings. The zero-order chi connectivity index (χ0) is 19.3. The van der Waals surface area contributed by atoms with Gasteiger partial charge in [-0.3, -0.25) is 10.1 Å². The monoisotopic (exact) mass is 434 g/mol. The molecular weight excluding hydrogens is 419 g/mol. The summed E-state index contributed by atoms with van der Waals surface area (Å²) in [4.78, 5) is 10.1. The van der Waals surface area contributed by atoms with E-state index in [4.69, 9.17) is 23.2 Å². The highest BCUT2D eigenvalue weighted by atomic mass is 35.5. The minimum Gasteiger partial charge on any atom is -0.258 e. The van der Waals surface area contributed by atoms with Crippen LogP contribution in [0.2, 0.25) is 10.0 Å². The predicted molar refractivity (Wildman–Crippen MR) is 106 cm³/mol. The number of sulfonamides is 1. The number of benzene rings is 2. The molecule has 2 aromatic rings. The fourth-order valence-electron chi connectivity index (χ4n) is 2.14. The lowest BCUT2D eigenvalue weighted by Crippen LogP contribution is -2.26. The first-order valence-corrected chi connectivity index (χ1v) is 10.9. The number of hydrogen-bond donors (Lipinski definition) is 1. The van der Waals surface area contributed by atoms with Gasteiger partial charge in [0, 0.05) is 30.2 Å². The molecule has 2 aromatic carbocycles. The second-order valence-corrected chi connectivity index (χ2v) is 9.06. The maximum Gasteiger partial charge on any atom is 0.270 e. The Morgan fingerprint density at radius 1 is 1.15 bits per heavy atom. The van der Waals surface area contributed by atoms with E-state index < -0.39 is 14.9 Å². The van der Waals surface area contributed by atoms with Crippen LogP contribution in [-0.2, 0) is 15.8 Å². The molecule has 0 amide bonds. The summed E-state index contributed by atoms with van der Waals surface area (Å²) in [6.45, 7) is 1.80. The van der Waals surface area contributed by atoms with Crippen molar-refractivity contribution in [2.75, 3.05) is 12.3 Å². The first kappa shape index (κ1) is 21.0. The topological polar surface area (TPSA) is 89.3 Å². The molecule has 26 heavy (non-hydrogen) atoms. The van der Waals surface area contributed by atoms with Crippen molar-refractivity contribution in [2.24, 2.45) is 0 Å². The Kier molecular flexibility index (Phi) is 7.31. The highest BCUT2D eigenvalue weighted by Crippen LogP contribution is 2.25. The van der Waals surface area contributed by atoms with Gasteiger partial charge >= 0.3 is 0 Å². The zero-order valence-electron chi connectivity index (χ0n) is 13.7. The van der Waals surface area contributed by atoms with Crippen LogP contribution in [0, 0.1) is 17.0 Å². The Bertz CT molecular complexity index is 920. The van der Waals surface area contributed by atoms with Gasteiger partial charge in [0.1, 0.15) is 0 Å². The predicted octanol–water partition coefficient (Wildman–Crippen LogP) is 4.42. The standard InChI is InChI=1S/C16H16Cl2N2O4S2/c1-11-2-4-13(20(21)22)9-16(11)26(23,24)19-6-7-25-10-12-3-5-14(17)15(18)8-12/h2-5,8-9,19H,6-7,10H2,1H3. The summed E-state index contributed by atoms with van der Waals surface area (Å²) < 4.78 is 27.2. The number of hydrogen-bond acceptors (Lipinski definition) is 5. The van der Waals surface area contributed by atoms with Crippen molar-refractivity contribution in [3.8, 4) is 0 Å². The Hall–Kier alpha value is -1.32. The SMILES string of the molecule is Cc1ccc([N+](=O)[O-])cc1S(=O)(=O)NCCSCc1ccc(Cl)c(Cl)c1.